The number of likely N-dealkylation sites (N-methyl/N-ethyl adjacent to an activating group) is 1. The Labute approximate surface area is 152 Å². The number of hydrogen-bond donors (Lipinski definition) is 2. The zero-order valence-electron chi connectivity index (χ0n) is 15.3. The maximum atomic E-state index is 13.0. The largest absolute Gasteiger partial charge is 0.356 e. The molecule has 0 aliphatic carbocycles. The second kappa shape index (κ2) is 6.72. The maximum Gasteiger partial charge on any atom is 0.275 e. The van der Waals surface area contributed by atoms with Crippen LogP contribution in [0.1, 0.15) is 35.8 Å². The lowest BCUT2D eigenvalue weighted by Gasteiger charge is -2.31. The lowest BCUT2D eigenvalue weighted by Crippen LogP contribution is -2.47. The van der Waals surface area contributed by atoms with Gasteiger partial charge in [0.25, 0.3) is 5.91 Å². The van der Waals surface area contributed by atoms with Crippen LogP contribution in [-0.2, 0) is 11.2 Å². The van der Waals surface area contributed by atoms with Gasteiger partial charge in [0.2, 0.25) is 5.91 Å². The highest BCUT2D eigenvalue weighted by Crippen LogP contribution is 2.31. The number of benzene rings is 1. The number of aromatic nitrogens is 2. The highest BCUT2D eigenvalue weighted by atomic mass is 16.2. The van der Waals surface area contributed by atoms with Crippen LogP contribution in [0.5, 0.6) is 0 Å². The summed E-state index contributed by atoms with van der Waals surface area (Å²) in [6, 6.07) is 6.47. The van der Waals surface area contributed by atoms with Crippen molar-refractivity contribution in [2.45, 2.75) is 38.3 Å². The highest BCUT2D eigenvalue weighted by Gasteiger charge is 2.44. The Morgan fingerprint density at radius 3 is 2.85 bits per heavy atom. The van der Waals surface area contributed by atoms with Crippen molar-refractivity contribution >= 4 is 22.7 Å². The molecule has 7 heteroatoms. The fourth-order valence-electron chi connectivity index (χ4n) is 4.10. The van der Waals surface area contributed by atoms with E-state index in [2.05, 4.69) is 27.5 Å². The molecule has 0 radical (unpaired) electrons. The Morgan fingerprint density at radius 1 is 1.31 bits per heavy atom. The molecule has 138 valence electrons. The quantitative estimate of drug-likeness (QED) is 0.843. The summed E-state index contributed by atoms with van der Waals surface area (Å²) < 4.78 is 0. The van der Waals surface area contributed by atoms with Crippen LogP contribution >= 0.6 is 0 Å². The van der Waals surface area contributed by atoms with Gasteiger partial charge in [-0.3, -0.25) is 19.6 Å². The van der Waals surface area contributed by atoms with E-state index >= 15 is 0 Å². The fraction of sp³-hybridized carbons (Fsp3) is 0.526. The molecule has 2 atom stereocenters. The van der Waals surface area contributed by atoms with Gasteiger partial charge in [-0.25, -0.2) is 0 Å². The molecule has 2 fully saturated rings. The van der Waals surface area contributed by atoms with E-state index in [1.807, 2.05) is 30.0 Å². The summed E-state index contributed by atoms with van der Waals surface area (Å²) in [4.78, 5) is 29.3. The van der Waals surface area contributed by atoms with Gasteiger partial charge in [0.05, 0.1) is 11.9 Å². The lowest BCUT2D eigenvalue weighted by atomic mass is 10.1. The third kappa shape index (κ3) is 2.96. The van der Waals surface area contributed by atoms with Crippen molar-refractivity contribution in [1.29, 1.82) is 0 Å². The molecule has 4 rings (SSSR count). The molecule has 0 spiro atoms. The molecular weight excluding hydrogens is 330 g/mol. The van der Waals surface area contributed by atoms with Crippen LogP contribution in [0.4, 0.5) is 0 Å². The van der Waals surface area contributed by atoms with Crippen molar-refractivity contribution in [3.8, 4) is 0 Å². The molecular formula is C19H25N5O2. The minimum absolute atomic E-state index is 0.00228. The Hall–Kier alpha value is -2.41. The number of likely N-dealkylation sites (tertiary alicyclic amines) is 2. The van der Waals surface area contributed by atoms with E-state index in [4.69, 9.17) is 0 Å². The van der Waals surface area contributed by atoms with E-state index in [0.717, 1.165) is 42.4 Å². The number of hydrogen-bond acceptors (Lipinski definition) is 4. The number of rotatable bonds is 5. The van der Waals surface area contributed by atoms with E-state index in [-0.39, 0.29) is 17.9 Å². The van der Waals surface area contributed by atoms with Gasteiger partial charge >= 0.3 is 0 Å². The first kappa shape index (κ1) is 17.0. The van der Waals surface area contributed by atoms with E-state index < -0.39 is 0 Å². The van der Waals surface area contributed by atoms with Crippen LogP contribution in [0.15, 0.2) is 18.2 Å². The molecule has 0 saturated carbocycles. The molecule has 1 aromatic carbocycles. The Kier molecular flexibility index (Phi) is 4.40. The van der Waals surface area contributed by atoms with Crippen molar-refractivity contribution in [2.24, 2.45) is 0 Å². The first-order valence-corrected chi connectivity index (χ1v) is 9.31. The normalized spacial score (nSPS) is 22.3. The number of amides is 2. The fourth-order valence-corrected chi connectivity index (χ4v) is 4.10. The predicted octanol–water partition coefficient (Wildman–Crippen LogP) is 1.16. The zero-order chi connectivity index (χ0) is 18.3. The summed E-state index contributed by atoms with van der Waals surface area (Å²) >= 11 is 0. The van der Waals surface area contributed by atoms with Gasteiger partial charge in [-0.2, -0.15) is 5.10 Å². The van der Waals surface area contributed by atoms with Crippen molar-refractivity contribution in [2.75, 3.05) is 26.7 Å². The lowest BCUT2D eigenvalue weighted by molar-refractivity contribution is -0.120. The van der Waals surface area contributed by atoms with Crippen LogP contribution in [-0.4, -0.2) is 70.6 Å². The van der Waals surface area contributed by atoms with Gasteiger partial charge in [-0.15, -0.1) is 0 Å². The molecule has 26 heavy (non-hydrogen) atoms. The van der Waals surface area contributed by atoms with Crippen molar-refractivity contribution in [3.05, 3.63) is 29.5 Å². The molecule has 2 aromatic rings. The van der Waals surface area contributed by atoms with Crippen LogP contribution in [0, 0.1) is 0 Å². The van der Waals surface area contributed by atoms with Crippen LogP contribution in [0.3, 0.4) is 0 Å². The van der Waals surface area contributed by atoms with Crippen molar-refractivity contribution in [3.63, 3.8) is 0 Å². The van der Waals surface area contributed by atoms with Gasteiger partial charge in [0.15, 0.2) is 5.69 Å². The number of aromatic amines is 1. The predicted molar refractivity (Wildman–Crippen MR) is 99.0 cm³/mol. The molecule has 2 N–H and O–H groups in total. The number of carbonyl (C=O) groups excluding carboxylic acids is 2. The number of carbonyl (C=O) groups is 2. The Morgan fingerprint density at radius 2 is 2.15 bits per heavy atom. The van der Waals surface area contributed by atoms with Crippen molar-refractivity contribution in [1.82, 2.24) is 25.3 Å². The molecule has 1 aromatic heterocycles. The maximum absolute atomic E-state index is 13.0. The van der Waals surface area contributed by atoms with Crippen LogP contribution in [0.2, 0.25) is 0 Å². The van der Waals surface area contributed by atoms with E-state index in [1.165, 1.54) is 0 Å². The van der Waals surface area contributed by atoms with Gasteiger partial charge in [0, 0.05) is 37.1 Å². The van der Waals surface area contributed by atoms with E-state index in [1.54, 1.807) is 0 Å². The minimum Gasteiger partial charge on any atom is -0.356 e. The van der Waals surface area contributed by atoms with Crippen molar-refractivity contribution < 1.29 is 9.59 Å². The number of H-pyrrole nitrogens is 1. The summed E-state index contributed by atoms with van der Waals surface area (Å²) in [5.41, 5.74) is 2.18. The third-order valence-electron chi connectivity index (χ3n) is 5.54. The first-order valence-electron chi connectivity index (χ1n) is 9.31. The first-order chi connectivity index (χ1) is 12.6. The van der Waals surface area contributed by atoms with Crippen LogP contribution < -0.4 is 5.32 Å². The zero-order valence-corrected chi connectivity index (χ0v) is 15.3. The number of nitrogens with one attached hydrogen (secondary N) is 2. The second-order valence-corrected chi connectivity index (χ2v) is 7.42. The molecule has 2 bridgehead atoms. The molecule has 2 amide bonds. The average Bonchev–Trinajstić information content (AvgIpc) is 3.32. The van der Waals surface area contributed by atoms with Crippen LogP contribution in [0.25, 0.3) is 10.9 Å². The van der Waals surface area contributed by atoms with Gasteiger partial charge in [-0.1, -0.05) is 13.0 Å². The Bertz CT molecular complexity index is 844. The molecule has 7 nitrogen and oxygen atoms in total. The summed E-state index contributed by atoms with van der Waals surface area (Å²) in [6.45, 7) is 4.41. The molecule has 0 unspecified atom stereocenters. The minimum atomic E-state index is -0.00978. The summed E-state index contributed by atoms with van der Waals surface area (Å²) in [7, 11) is 2.12. The summed E-state index contributed by atoms with van der Waals surface area (Å²) in [5, 5.41) is 10.9. The van der Waals surface area contributed by atoms with Gasteiger partial charge < -0.3 is 10.2 Å². The van der Waals surface area contributed by atoms with Gasteiger partial charge in [0.1, 0.15) is 0 Å². The topological polar surface area (TPSA) is 81.3 Å². The highest BCUT2D eigenvalue weighted by molar-refractivity contribution is 6.05. The SMILES string of the molecule is CCCNC(=O)Cc1ccc2[nH]nc(C(=O)N3C[C@@H]4C[C@H]3CN4C)c2c1. The monoisotopic (exact) mass is 355 g/mol. The smallest absolute Gasteiger partial charge is 0.275 e. The number of nitrogens with zero attached hydrogens (tertiary/aromatic N) is 3. The number of piperazine rings is 1. The van der Waals surface area contributed by atoms with E-state index in [9.17, 15) is 9.59 Å². The van der Waals surface area contributed by atoms with E-state index in [0.29, 0.717) is 24.7 Å². The summed E-state index contributed by atoms with van der Waals surface area (Å²) in [5.74, 6) is -0.00750. The standard InChI is InChI=1S/C19H25N5O2/c1-3-6-20-17(25)8-12-4-5-16-15(7-12)18(22-21-16)19(26)24-11-13-9-14(24)10-23(13)2/h4-5,7,13-14H,3,6,8-11H2,1-2H3,(H,20,25)(H,21,22)/t13-,14-/m0/s1. The second-order valence-electron chi connectivity index (χ2n) is 7.42. The molecule has 2 saturated heterocycles. The molecule has 2 aliphatic heterocycles. The summed E-state index contributed by atoms with van der Waals surface area (Å²) in [6.07, 6.45) is 2.28. The van der Waals surface area contributed by atoms with Gasteiger partial charge in [-0.05, 0) is 37.6 Å². The molecule has 2 aliphatic rings. The average molecular weight is 355 g/mol. The number of fused-ring (bicyclic) bond motifs is 3. The third-order valence-corrected chi connectivity index (χ3v) is 5.54. The Balaban J connectivity index is 1.55. The molecule has 3 heterocycles.